The topological polar surface area (TPSA) is 66.5 Å². The fraction of sp³-hybridized carbons (Fsp3) is 0.161. The molecule has 4 aromatic rings. The van der Waals surface area contributed by atoms with Crippen molar-refractivity contribution in [3.05, 3.63) is 124 Å². The minimum absolute atomic E-state index is 0.0751. The predicted molar refractivity (Wildman–Crippen MR) is 149 cm³/mol. The van der Waals surface area contributed by atoms with E-state index in [1.165, 1.54) is 5.56 Å². The Hall–Kier alpha value is -3.74. The first-order valence-electron chi connectivity index (χ1n) is 12.6. The number of carbonyl (C=O) groups excluding carboxylic acids is 2. The van der Waals surface area contributed by atoms with E-state index in [1.807, 2.05) is 24.3 Å². The van der Waals surface area contributed by atoms with Gasteiger partial charge in [-0.05, 0) is 78.4 Å². The zero-order valence-electron chi connectivity index (χ0n) is 20.5. The summed E-state index contributed by atoms with van der Waals surface area (Å²) < 4.78 is 13.7. The van der Waals surface area contributed by atoms with Gasteiger partial charge >= 0.3 is 0 Å². The van der Waals surface area contributed by atoms with Crippen molar-refractivity contribution < 1.29 is 13.8 Å². The van der Waals surface area contributed by atoms with E-state index >= 15 is 0 Å². The molecule has 0 saturated carbocycles. The zero-order valence-corrected chi connectivity index (χ0v) is 22.1. The highest BCUT2D eigenvalue weighted by Crippen LogP contribution is 2.37. The Labute approximate surface area is 228 Å². The van der Waals surface area contributed by atoms with Gasteiger partial charge in [0.25, 0.3) is 11.8 Å². The minimum atomic E-state index is -1.59. The second kappa shape index (κ2) is 10.2. The van der Waals surface area contributed by atoms with Gasteiger partial charge < -0.3 is 10.2 Å². The number of nitrogens with zero attached hydrogens (tertiary/aromatic N) is 1. The van der Waals surface area contributed by atoms with Crippen LogP contribution in [0.1, 0.15) is 56.3 Å². The van der Waals surface area contributed by atoms with Crippen LogP contribution in [0.25, 0.3) is 0 Å². The molecule has 1 N–H and O–H groups in total. The molecule has 2 amide bonds. The summed E-state index contributed by atoms with van der Waals surface area (Å²) in [4.78, 5) is 29.9. The Balaban J connectivity index is 1.40. The highest BCUT2D eigenvalue weighted by Gasteiger charge is 2.32. The van der Waals surface area contributed by atoms with Crippen LogP contribution >= 0.6 is 11.6 Å². The Morgan fingerprint density at radius 3 is 2.63 bits per heavy atom. The van der Waals surface area contributed by atoms with E-state index in [2.05, 4.69) is 17.4 Å². The number of aryl methyl sites for hydroxylation is 1. The molecule has 4 aromatic carbocycles. The summed E-state index contributed by atoms with van der Waals surface area (Å²) in [5.41, 5.74) is 4.50. The number of hydrogen-bond donors (Lipinski definition) is 1. The number of anilines is 1. The molecule has 190 valence electrons. The van der Waals surface area contributed by atoms with Crippen LogP contribution in [0.15, 0.2) is 101 Å². The Morgan fingerprint density at radius 2 is 1.76 bits per heavy atom. The predicted octanol–water partition coefficient (Wildman–Crippen LogP) is 6.47. The Morgan fingerprint density at radius 1 is 0.947 bits per heavy atom. The van der Waals surface area contributed by atoms with Crippen molar-refractivity contribution in [1.29, 1.82) is 0 Å². The summed E-state index contributed by atoms with van der Waals surface area (Å²) in [6.45, 7) is 0.221. The average molecular weight is 541 g/mol. The molecular formula is C31H25ClN2O3S. The number of halogens is 1. The van der Waals surface area contributed by atoms with Crippen molar-refractivity contribution in [3.8, 4) is 0 Å². The summed E-state index contributed by atoms with van der Waals surface area (Å²) in [6.07, 6.45) is 2.88. The molecule has 0 saturated heterocycles. The summed E-state index contributed by atoms with van der Waals surface area (Å²) >= 11 is 6.23. The largest absolute Gasteiger partial charge is 0.345 e. The van der Waals surface area contributed by atoms with Gasteiger partial charge in [-0.1, -0.05) is 60.1 Å². The molecule has 38 heavy (non-hydrogen) atoms. The number of fused-ring (bicyclic) bond motifs is 3. The molecule has 0 spiro atoms. The third kappa shape index (κ3) is 4.55. The van der Waals surface area contributed by atoms with Crippen LogP contribution in [0.3, 0.4) is 0 Å². The van der Waals surface area contributed by atoms with Crippen LogP contribution in [-0.4, -0.2) is 16.0 Å². The molecule has 1 heterocycles. The molecule has 0 fully saturated rings. The van der Waals surface area contributed by atoms with E-state index in [1.54, 1.807) is 59.5 Å². The molecule has 2 unspecified atom stereocenters. The summed E-state index contributed by atoms with van der Waals surface area (Å²) in [6, 6.07) is 27.5. The van der Waals surface area contributed by atoms with Gasteiger partial charge in [0.15, 0.2) is 0 Å². The molecule has 2 atom stereocenters. The van der Waals surface area contributed by atoms with Crippen LogP contribution in [0.5, 0.6) is 0 Å². The summed E-state index contributed by atoms with van der Waals surface area (Å²) in [5, 5.41) is 3.75. The lowest BCUT2D eigenvalue weighted by molar-refractivity contribution is 0.0930. The molecule has 5 nitrogen and oxygen atoms in total. The maximum Gasteiger partial charge on any atom is 0.259 e. The van der Waals surface area contributed by atoms with Crippen molar-refractivity contribution in [1.82, 2.24) is 5.32 Å². The number of carbonyl (C=O) groups is 2. The van der Waals surface area contributed by atoms with Gasteiger partial charge in [-0.15, -0.1) is 0 Å². The lowest BCUT2D eigenvalue weighted by Crippen LogP contribution is -2.32. The van der Waals surface area contributed by atoms with E-state index in [4.69, 9.17) is 11.6 Å². The van der Waals surface area contributed by atoms with Crippen LogP contribution in [0, 0.1) is 0 Å². The van der Waals surface area contributed by atoms with E-state index in [0.29, 0.717) is 31.6 Å². The first-order chi connectivity index (χ1) is 18.5. The van der Waals surface area contributed by atoms with Gasteiger partial charge in [-0.2, -0.15) is 0 Å². The number of hydrogen-bond acceptors (Lipinski definition) is 3. The third-order valence-electron chi connectivity index (χ3n) is 7.18. The van der Waals surface area contributed by atoms with Crippen LogP contribution in [-0.2, 0) is 23.8 Å². The maximum atomic E-state index is 13.8. The van der Waals surface area contributed by atoms with Crippen molar-refractivity contribution in [2.24, 2.45) is 0 Å². The van der Waals surface area contributed by atoms with E-state index in [-0.39, 0.29) is 24.4 Å². The van der Waals surface area contributed by atoms with Gasteiger partial charge in [-0.25, -0.2) is 4.21 Å². The van der Waals surface area contributed by atoms with Crippen molar-refractivity contribution in [3.63, 3.8) is 0 Å². The van der Waals surface area contributed by atoms with Gasteiger partial charge in [0.2, 0.25) is 0 Å². The van der Waals surface area contributed by atoms with Gasteiger partial charge in [0.1, 0.15) is 0 Å². The second-order valence-corrected chi connectivity index (χ2v) is 11.4. The highest BCUT2D eigenvalue weighted by atomic mass is 35.5. The van der Waals surface area contributed by atoms with Gasteiger partial charge in [0, 0.05) is 10.6 Å². The number of nitrogens with one attached hydrogen (secondary N) is 1. The Bertz CT molecular complexity index is 1600. The Kier molecular flexibility index (Phi) is 6.60. The monoisotopic (exact) mass is 540 g/mol. The van der Waals surface area contributed by atoms with Gasteiger partial charge in [-0.3, -0.25) is 9.59 Å². The molecule has 0 radical (unpaired) electrons. The van der Waals surface area contributed by atoms with Crippen LogP contribution < -0.4 is 10.2 Å². The molecule has 2 aliphatic rings. The van der Waals surface area contributed by atoms with Crippen LogP contribution in [0.2, 0.25) is 5.02 Å². The average Bonchev–Trinajstić information content (AvgIpc) is 3.02. The third-order valence-corrected chi connectivity index (χ3v) is 8.91. The van der Waals surface area contributed by atoms with Crippen molar-refractivity contribution in [2.75, 3.05) is 4.90 Å². The normalized spacial score (nSPS) is 18.1. The number of rotatable bonds is 4. The smallest absolute Gasteiger partial charge is 0.259 e. The molecular weight excluding hydrogens is 516 g/mol. The second-order valence-electron chi connectivity index (χ2n) is 9.59. The summed E-state index contributed by atoms with van der Waals surface area (Å²) in [7, 11) is -1.59. The quantitative estimate of drug-likeness (QED) is 0.322. The summed E-state index contributed by atoms with van der Waals surface area (Å²) in [5.74, 6) is -0.497. The van der Waals surface area contributed by atoms with E-state index < -0.39 is 10.8 Å². The van der Waals surface area contributed by atoms with E-state index in [0.717, 1.165) is 30.4 Å². The standard InChI is InChI=1S/C31H25ClN2O3S/c32-23-10-5-7-20(17-23)19-34-27-18-22(30(35)33-26-13-6-9-21-8-1-2-11-24(21)26)15-16-29(27)38(37)28-14-4-3-12-25(28)31(34)36/h1-5,7-8,10-12,14-18,26H,6,9,13,19H2,(H,33,35). The first-order valence-corrected chi connectivity index (χ1v) is 14.1. The lowest BCUT2D eigenvalue weighted by atomic mass is 9.87. The number of benzene rings is 4. The fourth-order valence-corrected chi connectivity index (χ4v) is 6.88. The lowest BCUT2D eigenvalue weighted by Gasteiger charge is -2.27. The highest BCUT2D eigenvalue weighted by molar-refractivity contribution is 7.85. The van der Waals surface area contributed by atoms with Crippen molar-refractivity contribution >= 4 is 39.9 Å². The molecule has 6 rings (SSSR count). The van der Waals surface area contributed by atoms with Crippen molar-refractivity contribution in [2.45, 2.75) is 41.6 Å². The van der Waals surface area contributed by atoms with Crippen LogP contribution in [0.4, 0.5) is 5.69 Å². The molecule has 1 aliphatic carbocycles. The number of amides is 2. The molecule has 1 aliphatic heterocycles. The van der Waals surface area contributed by atoms with E-state index in [9.17, 15) is 13.8 Å². The SMILES string of the molecule is O=C(NC1CCCc2ccccc21)c1ccc2c(c1)N(Cc1cccc(Cl)c1)C(=O)c1ccccc1S2=O. The maximum absolute atomic E-state index is 13.8. The van der Waals surface area contributed by atoms with Gasteiger partial charge in [0.05, 0.1) is 44.4 Å². The minimum Gasteiger partial charge on any atom is -0.345 e. The fourth-order valence-electron chi connectivity index (χ4n) is 5.32. The molecule has 0 aromatic heterocycles. The molecule has 0 bridgehead atoms. The zero-order chi connectivity index (χ0) is 26.2. The first kappa shape index (κ1) is 24.6. The molecule has 7 heteroatoms.